The Morgan fingerprint density at radius 1 is 1.71 bits per heavy atom. The van der Waals surface area contributed by atoms with Gasteiger partial charge in [0.1, 0.15) is 5.82 Å². The van der Waals surface area contributed by atoms with Crippen LogP contribution in [0.25, 0.3) is 0 Å². The van der Waals surface area contributed by atoms with Gasteiger partial charge in [0.05, 0.1) is 19.2 Å². The summed E-state index contributed by atoms with van der Waals surface area (Å²) in [6.07, 6.45) is 6.63. The lowest BCUT2D eigenvalue weighted by Gasteiger charge is -2.12. The molecular weight excluding hydrogens is 178 g/mol. The average molecular weight is 195 g/mol. The van der Waals surface area contributed by atoms with E-state index in [1.807, 2.05) is 19.4 Å². The van der Waals surface area contributed by atoms with E-state index in [0.29, 0.717) is 6.10 Å². The number of hydrogen-bond acceptors (Lipinski definition) is 3. The molecule has 0 aromatic carbocycles. The summed E-state index contributed by atoms with van der Waals surface area (Å²) in [5.41, 5.74) is 0. The Bertz CT molecular complexity index is 279. The van der Waals surface area contributed by atoms with E-state index in [1.165, 1.54) is 12.8 Å². The second kappa shape index (κ2) is 4.57. The molecule has 4 nitrogen and oxygen atoms in total. The van der Waals surface area contributed by atoms with E-state index in [0.717, 1.165) is 25.5 Å². The predicted molar refractivity (Wildman–Crippen MR) is 54.0 cm³/mol. The van der Waals surface area contributed by atoms with Gasteiger partial charge in [0.25, 0.3) is 0 Å². The minimum atomic E-state index is 0.389. The van der Waals surface area contributed by atoms with Crippen LogP contribution in [0.1, 0.15) is 18.7 Å². The SMILES string of the molecule is CNCc1nccn1CC1CCCO1. The molecule has 2 rings (SSSR count). The molecule has 0 bridgehead atoms. The summed E-state index contributed by atoms with van der Waals surface area (Å²) < 4.78 is 7.76. The summed E-state index contributed by atoms with van der Waals surface area (Å²) in [4.78, 5) is 4.29. The van der Waals surface area contributed by atoms with E-state index in [2.05, 4.69) is 14.9 Å². The van der Waals surface area contributed by atoms with Gasteiger partial charge in [-0.25, -0.2) is 4.98 Å². The van der Waals surface area contributed by atoms with Gasteiger partial charge in [0, 0.05) is 19.0 Å². The van der Waals surface area contributed by atoms with Crippen molar-refractivity contribution in [1.29, 1.82) is 0 Å². The Hall–Kier alpha value is -0.870. The number of imidazole rings is 1. The third-order valence-corrected chi connectivity index (χ3v) is 2.56. The molecule has 2 heterocycles. The number of nitrogens with one attached hydrogen (secondary N) is 1. The van der Waals surface area contributed by atoms with Gasteiger partial charge in [-0.3, -0.25) is 0 Å². The van der Waals surface area contributed by atoms with Gasteiger partial charge < -0.3 is 14.6 Å². The molecule has 1 saturated heterocycles. The fraction of sp³-hybridized carbons (Fsp3) is 0.700. The van der Waals surface area contributed by atoms with Crippen LogP contribution in [0.2, 0.25) is 0 Å². The summed E-state index contributed by atoms with van der Waals surface area (Å²) >= 11 is 0. The second-order valence-corrected chi connectivity index (χ2v) is 3.66. The van der Waals surface area contributed by atoms with E-state index in [1.54, 1.807) is 0 Å². The van der Waals surface area contributed by atoms with Crippen LogP contribution >= 0.6 is 0 Å². The van der Waals surface area contributed by atoms with E-state index < -0.39 is 0 Å². The standard InChI is InChI=1S/C10H17N3O/c1-11-7-10-12-4-5-13(10)8-9-3-2-6-14-9/h4-5,9,11H,2-3,6-8H2,1H3. The first-order valence-electron chi connectivity index (χ1n) is 5.16. The Kier molecular flexibility index (Phi) is 3.16. The number of hydrogen-bond donors (Lipinski definition) is 1. The second-order valence-electron chi connectivity index (χ2n) is 3.66. The quantitative estimate of drug-likeness (QED) is 0.771. The Morgan fingerprint density at radius 2 is 2.64 bits per heavy atom. The molecule has 1 atom stereocenters. The lowest BCUT2D eigenvalue weighted by Crippen LogP contribution is -2.19. The molecule has 1 aliphatic heterocycles. The van der Waals surface area contributed by atoms with Crippen LogP contribution in [0.5, 0.6) is 0 Å². The maximum atomic E-state index is 5.59. The van der Waals surface area contributed by atoms with Gasteiger partial charge in [0.2, 0.25) is 0 Å². The Balaban J connectivity index is 1.96. The van der Waals surface area contributed by atoms with Gasteiger partial charge in [0.15, 0.2) is 0 Å². The van der Waals surface area contributed by atoms with Crippen molar-refractivity contribution >= 4 is 0 Å². The van der Waals surface area contributed by atoms with Gasteiger partial charge in [-0.1, -0.05) is 0 Å². The van der Waals surface area contributed by atoms with Crippen molar-refractivity contribution in [1.82, 2.24) is 14.9 Å². The monoisotopic (exact) mass is 195 g/mol. The highest BCUT2D eigenvalue weighted by molar-refractivity contribution is 4.92. The zero-order valence-electron chi connectivity index (χ0n) is 8.57. The molecule has 4 heteroatoms. The summed E-state index contributed by atoms with van der Waals surface area (Å²) in [7, 11) is 1.94. The van der Waals surface area contributed by atoms with Crippen LogP contribution < -0.4 is 5.32 Å². The fourth-order valence-electron chi connectivity index (χ4n) is 1.84. The molecule has 1 fully saturated rings. The summed E-state index contributed by atoms with van der Waals surface area (Å²) in [6, 6.07) is 0. The van der Waals surface area contributed by atoms with Gasteiger partial charge >= 0.3 is 0 Å². The Morgan fingerprint density at radius 3 is 3.36 bits per heavy atom. The van der Waals surface area contributed by atoms with Gasteiger partial charge in [-0.05, 0) is 19.9 Å². The first kappa shape index (κ1) is 9.68. The van der Waals surface area contributed by atoms with E-state index in [-0.39, 0.29) is 0 Å². The molecule has 1 aromatic heterocycles. The molecule has 1 aliphatic rings. The third-order valence-electron chi connectivity index (χ3n) is 2.56. The van der Waals surface area contributed by atoms with Crippen LogP contribution in [0.15, 0.2) is 12.4 Å². The van der Waals surface area contributed by atoms with Crippen LogP contribution in [0, 0.1) is 0 Å². The first-order valence-corrected chi connectivity index (χ1v) is 5.16. The van der Waals surface area contributed by atoms with E-state index in [9.17, 15) is 0 Å². The maximum Gasteiger partial charge on any atom is 0.122 e. The molecule has 0 aliphatic carbocycles. The molecule has 0 radical (unpaired) electrons. The summed E-state index contributed by atoms with van der Waals surface area (Å²) in [5.74, 6) is 1.09. The van der Waals surface area contributed by atoms with Crippen LogP contribution in [-0.4, -0.2) is 29.3 Å². The predicted octanol–water partition coefficient (Wildman–Crippen LogP) is 0.781. The highest BCUT2D eigenvalue weighted by Crippen LogP contribution is 2.14. The van der Waals surface area contributed by atoms with Crippen molar-refractivity contribution in [2.75, 3.05) is 13.7 Å². The topological polar surface area (TPSA) is 39.1 Å². The maximum absolute atomic E-state index is 5.59. The molecule has 1 aromatic rings. The van der Waals surface area contributed by atoms with Crippen molar-refractivity contribution in [3.63, 3.8) is 0 Å². The lowest BCUT2D eigenvalue weighted by atomic mass is 10.2. The average Bonchev–Trinajstić information content (AvgIpc) is 2.80. The van der Waals surface area contributed by atoms with Crippen LogP contribution in [-0.2, 0) is 17.8 Å². The van der Waals surface area contributed by atoms with Crippen molar-refractivity contribution in [2.24, 2.45) is 0 Å². The highest BCUT2D eigenvalue weighted by Gasteiger charge is 2.16. The number of ether oxygens (including phenoxy) is 1. The zero-order chi connectivity index (χ0) is 9.80. The minimum absolute atomic E-state index is 0.389. The van der Waals surface area contributed by atoms with Gasteiger partial charge in [-0.15, -0.1) is 0 Å². The normalized spacial score (nSPS) is 21.6. The van der Waals surface area contributed by atoms with Crippen LogP contribution in [0.3, 0.4) is 0 Å². The fourth-order valence-corrected chi connectivity index (χ4v) is 1.84. The molecule has 0 spiro atoms. The number of rotatable bonds is 4. The molecule has 1 N–H and O–H groups in total. The molecule has 14 heavy (non-hydrogen) atoms. The summed E-state index contributed by atoms with van der Waals surface area (Å²) in [6.45, 7) is 2.68. The van der Waals surface area contributed by atoms with Crippen molar-refractivity contribution in [3.8, 4) is 0 Å². The smallest absolute Gasteiger partial charge is 0.122 e. The van der Waals surface area contributed by atoms with Crippen molar-refractivity contribution in [3.05, 3.63) is 18.2 Å². The molecule has 0 amide bonds. The van der Waals surface area contributed by atoms with Crippen molar-refractivity contribution in [2.45, 2.75) is 32.0 Å². The van der Waals surface area contributed by atoms with Gasteiger partial charge in [-0.2, -0.15) is 0 Å². The largest absolute Gasteiger partial charge is 0.376 e. The number of nitrogens with zero attached hydrogens (tertiary/aromatic N) is 2. The van der Waals surface area contributed by atoms with E-state index in [4.69, 9.17) is 4.74 Å². The number of aromatic nitrogens is 2. The Labute approximate surface area is 84.3 Å². The molecule has 0 saturated carbocycles. The highest BCUT2D eigenvalue weighted by atomic mass is 16.5. The third kappa shape index (κ3) is 2.13. The minimum Gasteiger partial charge on any atom is -0.376 e. The van der Waals surface area contributed by atoms with Crippen LogP contribution in [0.4, 0.5) is 0 Å². The first-order chi connectivity index (χ1) is 6.90. The zero-order valence-corrected chi connectivity index (χ0v) is 8.57. The molecule has 1 unspecified atom stereocenters. The lowest BCUT2D eigenvalue weighted by molar-refractivity contribution is 0.0962. The summed E-state index contributed by atoms with van der Waals surface area (Å²) in [5, 5.41) is 3.11. The van der Waals surface area contributed by atoms with Crippen molar-refractivity contribution < 1.29 is 4.74 Å². The molecule has 78 valence electrons. The molecular formula is C10H17N3O. The van der Waals surface area contributed by atoms with E-state index >= 15 is 0 Å².